The van der Waals surface area contributed by atoms with Gasteiger partial charge >= 0.3 is 0 Å². The van der Waals surface area contributed by atoms with E-state index < -0.39 is 0 Å². The van der Waals surface area contributed by atoms with Crippen molar-refractivity contribution in [3.05, 3.63) is 35.4 Å². The maximum absolute atomic E-state index is 6.14. The standard InChI is InChI=1S/C11H15N/c1-2-9-5-3-4-6-10(9)11(12)7-8-11/h3-6H,2,7-8,12H2,1H3. The van der Waals surface area contributed by atoms with Crippen molar-refractivity contribution in [2.45, 2.75) is 31.7 Å². The summed E-state index contributed by atoms with van der Waals surface area (Å²) >= 11 is 0. The molecule has 2 N–H and O–H groups in total. The molecule has 0 aliphatic heterocycles. The van der Waals surface area contributed by atoms with Crippen LogP contribution in [0.4, 0.5) is 0 Å². The molecule has 1 aromatic rings. The molecule has 0 atom stereocenters. The summed E-state index contributed by atoms with van der Waals surface area (Å²) in [4.78, 5) is 0. The molecule has 0 heterocycles. The molecule has 64 valence electrons. The van der Waals surface area contributed by atoms with Crippen LogP contribution in [0.5, 0.6) is 0 Å². The van der Waals surface area contributed by atoms with Crippen LogP contribution in [0.2, 0.25) is 0 Å². The van der Waals surface area contributed by atoms with Crippen molar-refractivity contribution in [2.24, 2.45) is 5.73 Å². The van der Waals surface area contributed by atoms with Gasteiger partial charge in [-0.25, -0.2) is 0 Å². The predicted molar refractivity (Wildman–Crippen MR) is 50.9 cm³/mol. The van der Waals surface area contributed by atoms with Gasteiger partial charge in [-0.1, -0.05) is 31.2 Å². The lowest BCUT2D eigenvalue weighted by atomic mass is 9.98. The molecule has 1 fully saturated rings. The van der Waals surface area contributed by atoms with E-state index in [1.807, 2.05) is 0 Å². The number of benzene rings is 1. The minimum atomic E-state index is 0.0343. The Morgan fingerprint density at radius 1 is 1.33 bits per heavy atom. The quantitative estimate of drug-likeness (QED) is 0.707. The highest BCUT2D eigenvalue weighted by Crippen LogP contribution is 2.43. The predicted octanol–water partition coefficient (Wildman–Crippen LogP) is 2.20. The molecule has 1 aliphatic carbocycles. The lowest BCUT2D eigenvalue weighted by Crippen LogP contribution is -2.20. The summed E-state index contributed by atoms with van der Waals surface area (Å²) in [6, 6.07) is 8.53. The zero-order valence-electron chi connectivity index (χ0n) is 7.51. The van der Waals surface area contributed by atoms with Gasteiger partial charge in [-0.05, 0) is 30.4 Å². The van der Waals surface area contributed by atoms with E-state index in [-0.39, 0.29) is 5.54 Å². The number of hydrogen-bond donors (Lipinski definition) is 1. The minimum Gasteiger partial charge on any atom is -0.321 e. The normalized spacial score (nSPS) is 19.2. The molecule has 1 nitrogen and oxygen atoms in total. The van der Waals surface area contributed by atoms with Crippen LogP contribution in [0, 0.1) is 0 Å². The Kier molecular flexibility index (Phi) is 1.69. The highest BCUT2D eigenvalue weighted by atomic mass is 14.8. The summed E-state index contributed by atoms with van der Waals surface area (Å²) in [6.45, 7) is 2.19. The van der Waals surface area contributed by atoms with Crippen LogP contribution in [-0.4, -0.2) is 0 Å². The van der Waals surface area contributed by atoms with Gasteiger partial charge in [0.2, 0.25) is 0 Å². The lowest BCUT2D eigenvalue weighted by molar-refractivity contribution is 0.727. The van der Waals surface area contributed by atoms with Crippen LogP contribution in [0.1, 0.15) is 30.9 Å². The van der Waals surface area contributed by atoms with E-state index in [0.29, 0.717) is 0 Å². The van der Waals surface area contributed by atoms with Crippen molar-refractivity contribution < 1.29 is 0 Å². The van der Waals surface area contributed by atoms with Crippen molar-refractivity contribution in [1.29, 1.82) is 0 Å². The lowest BCUT2D eigenvalue weighted by Gasteiger charge is -2.13. The van der Waals surface area contributed by atoms with Gasteiger partial charge in [0.25, 0.3) is 0 Å². The Labute approximate surface area is 73.6 Å². The smallest absolute Gasteiger partial charge is 0.0414 e. The SMILES string of the molecule is CCc1ccccc1C1(N)CC1. The maximum Gasteiger partial charge on any atom is 0.0414 e. The van der Waals surface area contributed by atoms with Gasteiger partial charge in [-0.15, -0.1) is 0 Å². The summed E-state index contributed by atoms with van der Waals surface area (Å²) in [6.07, 6.45) is 3.41. The largest absolute Gasteiger partial charge is 0.321 e. The van der Waals surface area contributed by atoms with Crippen LogP contribution in [0.15, 0.2) is 24.3 Å². The molecule has 1 heteroatoms. The fourth-order valence-electron chi connectivity index (χ4n) is 1.72. The molecule has 12 heavy (non-hydrogen) atoms. The molecule has 0 bridgehead atoms. The zero-order chi connectivity index (χ0) is 8.60. The van der Waals surface area contributed by atoms with Crippen molar-refractivity contribution in [3.8, 4) is 0 Å². The van der Waals surface area contributed by atoms with Crippen LogP contribution < -0.4 is 5.73 Å². The molecule has 0 saturated heterocycles. The molecule has 1 aromatic carbocycles. The molecule has 0 radical (unpaired) electrons. The third-order valence-corrected chi connectivity index (χ3v) is 2.72. The van der Waals surface area contributed by atoms with Crippen molar-refractivity contribution in [3.63, 3.8) is 0 Å². The van der Waals surface area contributed by atoms with Gasteiger partial charge < -0.3 is 5.73 Å². The van der Waals surface area contributed by atoms with Gasteiger partial charge in [0, 0.05) is 5.54 Å². The van der Waals surface area contributed by atoms with E-state index in [9.17, 15) is 0 Å². The summed E-state index contributed by atoms with van der Waals surface area (Å²) < 4.78 is 0. The van der Waals surface area contributed by atoms with E-state index in [0.717, 1.165) is 19.3 Å². The second kappa shape index (κ2) is 2.60. The van der Waals surface area contributed by atoms with Gasteiger partial charge in [-0.2, -0.15) is 0 Å². The molecule has 0 amide bonds. The Bertz CT molecular complexity index is 287. The number of rotatable bonds is 2. The van der Waals surface area contributed by atoms with Crippen LogP contribution in [0.3, 0.4) is 0 Å². The van der Waals surface area contributed by atoms with Crippen LogP contribution in [0.25, 0.3) is 0 Å². The third kappa shape index (κ3) is 1.14. The average molecular weight is 161 g/mol. The van der Waals surface area contributed by atoms with Gasteiger partial charge in [0.05, 0.1) is 0 Å². The Morgan fingerprint density at radius 2 is 2.00 bits per heavy atom. The van der Waals surface area contributed by atoms with E-state index in [4.69, 9.17) is 5.73 Å². The van der Waals surface area contributed by atoms with E-state index in [1.165, 1.54) is 11.1 Å². The minimum absolute atomic E-state index is 0.0343. The van der Waals surface area contributed by atoms with E-state index in [2.05, 4.69) is 31.2 Å². The second-order valence-electron chi connectivity index (χ2n) is 3.67. The van der Waals surface area contributed by atoms with Crippen LogP contribution >= 0.6 is 0 Å². The highest BCUT2D eigenvalue weighted by molar-refractivity contribution is 5.37. The molecule has 2 rings (SSSR count). The Morgan fingerprint density at radius 3 is 2.58 bits per heavy atom. The molecule has 0 spiro atoms. The van der Waals surface area contributed by atoms with Gasteiger partial charge in [0.1, 0.15) is 0 Å². The number of hydrogen-bond acceptors (Lipinski definition) is 1. The highest BCUT2D eigenvalue weighted by Gasteiger charge is 2.40. The van der Waals surface area contributed by atoms with Gasteiger partial charge in [-0.3, -0.25) is 0 Å². The fraction of sp³-hybridized carbons (Fsp3) is 0.455. The first-order valence-electron chi connectivity index (χ1n) is 4.63. The fourth-order valence-corrected chi connectivity index (χ4v) is 1.72. The summed E-state index contributed by atoms with van der Waals surface area (Å²) in [5.41, 5.74) is 8.96. The zero-order valence-corrected chi connectivity index (χ0v) is 7.51. The van der Waals surface area contributed by atoms with E-state index >= 15 is 0 Å². The second-order valence-corrected chi connectivity index (χ2v) is 3.67. The number of nitrogens with two attached hydrogens (primary N) is 1. The monoisotopic (exact) mass is 161 g/mol. The Balaban J connectivity index is 2.42. The first-order valence-corrected chi connectivity index (χ1v) is 4.63. The third-order valence-electron chi connectivity index (χ3n) is 2.72. The van der Waals surface area contributed by atoms with Crippen molar-refractivity contribution in [1.82, 2.24) is 0 Å². The first-order chi connectivity index (χ1) is 5.76. The number of aryl methyl sites for hydroxylation is 1. The van der Waals surface area contributed by atoms with Crippen LogP contribution in [-0.2, 0) is 12.0 Å². The average Bonchev–Trinajstić information content (AvgIpc) is 2.85. The molecular formula is C11H15N. The van der Waals surface area contributed by atoms with Crippen molar-refractivity contribution in [2.75, 3.05) is 0 Å². The first kappa shape index (κ1) is 7.81. The van der Waals surface area contributed by atoms with Gasteiger partial charge in [0.15, 0.2) is 0 Å². The molecule has 0 aromatic heterocycles. The van der Waals surface area contributed by atoms with Crippen molar-refractivity contribution >= 4 is 0 Å². The topological polar surface area (TPSA) is 26.0 Å². The summed E-state index contributed by atoms with van der Waals surface area (Å²) in [5.74, 6) is 0. The van der Waals surface area contributed by atoms with E-state index in [1.54, 1.807) is 0 Å². The summed E-state index contributed by atoms with van der Waals surface area (Å²) in [7, 11) is 0. The molecule has 1 aliphatic rings. The Hall–Kier alpha value is -0.820. The maximum atomic E-state index is 6.14. The molecular weight excluding hydrogens is 146 g/mol. The summed E-state index contributed by atoms with van der Waals surface area (Å²) in [5, 5.41) is 0. The molecule has 1 saturated carbocycles. The molecule has 0 unspecified atom stereocenters.